The Morgan fingerprint density at radius 1 is 0.933 bits per heavy atom. The highest BCUT2D eigenvalue weighted by Gasteiger charge is 2.40. The summed E-state index contributed by atoms with van der Waals surface area (Å²) in [6.07, 6.45) is 2.37. The second kappa shape index (κ2) is 8.75. The van der Waals surface area contributed by atoms with E-state index in [-0.39, 0.29) is 47.4 Å². The van der Waals surface area contributed by atoms with Crippen LogP contribution < -0.4 is 18.9 Å². The van der Waals surface area contributed by atoms with Gasteiger partial charge >= 0.3 is 0 Å². The number of ether oxygens (including phenoxy) is 4. The lowest BCUT2D eigenvalue weighted by atomic mass is 9.66. The van der Waals surface area contributed by atoms with Gasteiger partial charge in [0.15, 0.2) is 23.0 Å². The van der Waals surface area contributed by atoms with Crippen LogP contribution in [0.5, 0.6) is 34.5 Å². The molecule has 0 aromatic heterocycles. The van der Waals surface area contributed by atoms with Crippen LogP contribution in [0.4, 0.5) is 0 Å². The Kier molecular flexibility index (Phi) is 6.31. The van der Waals surface area contributed by atoms with Crippen LogP contribution in [0.1, 0.15) is 22.6 Å². The standard InChI is InChI=1S/C23H28O7/c1-6-15-14(11-24)7-12-8-18(29-4)22(26)23(30-5)20(12)19(15)13-9-16(27-2)21(25)17(10-13)28-3/h6,8-10,14-15,19,24-26H,1,7,11H2,2-5H3/t14-,15+,19-/m1/s1. The Balaban J connectivity index is 2.35. The third kappa shape index (κ3) is 3.39. The van der Waals surface area contributed by atoms with Crippen LogP contribution in [0.3, 0.4) is 0 Å². The molecule has 0 heterocycles. The summed E-state index contributed by atoms with van der Waals surface area (Å²) in [6.45, 7) is 3.96. The molecule has 0 bridgehead atoms. The van der Waals surface area contributed by atoms with E-state index in [1.54, 1.807) is 24.3 Å². The highest BCUT2D eigenvalue weighted by Crippen LogP contribution is 2.54. The van der Waals surface area contributed by atoms with Gasteiger partial charge in [0.25, 0.3) is 0 Å². The summed E-state index contributed by atoms with van der Waals surface area (Å²) in [6, 6.07) is 5.23. The quantitative estimate of drug-likeness (QED) is 0.596. The Hall–Kier alpha value is -3.06. The number of aromatic hydroxyl groups is 2. The highest BCUT2D eigenvalue weighted by molar-refractivity contribution is 5.64. The third-order valence-corrected chi connectivity index (χ3v) is 5.86. The van der Waals surface area contributed by atoms with Crippen molar-refractivity contribution < 1.29 is 34.3 Å². The molecule has 0 radical (unpaired) electrons. The van der Waals surface area contributed by atoms with Crippen molar-refractivity contribution in [2.24, 2.45) is 11.8 Å². The van der Waals surface area contributed by atoms with E-state index in [9.17, 15) is 15.3 Å². The minimum atomic E-state index is -0.335. The molecule has 7 heteroatoms. The molecule has 3 N–H and O–H groups in total. The molecule has 0 fully saturated rings. The smallest absolute Gasteiger partial charge is 0.201 e. The lowest BCUT2D eigenvalue weighted by molar-refractivity contribution is 0.175. The van der Waals surface area contributed by atoms with E-state index in [4.69, 9.17) is 18.9 Å². The number of fused-ring (bicyclic) bond motifs is 1. The first kappa shape index (κ1) is 21.6. The lowest BCUT2D eigenvalue weighted by Crippen LogP contribution is -2.32. The van der Waals surface area contributed by atoms with E-state index in [1.165, 1.54) is 28.4 Å². The molecular weight excluding hydrogens is 388 g/mol. The summed E-state index contributed by atoms with van der Waals surface area (Å²) in [5.41, 5.74) is 2.45. The molecule has 0 aliphatic heterocycles. The summed E-state index contributed by atoms with van der Waals surface area (Å²) < 4.78 is 21.6. The fourth-order valence-corrected chi connectivity index (χ4v) is 4.44. The molecule has 1 aliphatic carbocycles. The first-order valence-electron chi connectivity index (χ1n) is 9.60. The molecule has 0 unspecified atom stereocenters. The second-order valence-electron chi connectivity index (χ2n) is 7.25. The summed E-state index contributed by atoms with van der Waals surface area (Å²) in [5, 5.41) is 31.2. The molecule has 0 spiro atoms. The molecule has 0 amide bonds. The van der Waals surface area contributed by atoms with E-state index in [0.29, 0.717) is 17.9 Å². The monoisotopic (exact) mass is 416 g/mol. The summed E-state index contributed by atoms with van der Waals surface area (Å²) in [5.74, 6) is 0.340. The molecule has 2 aromatic carbocycles. The maximum atomic E-state index is 10.7. The third-order valence-electron chi connectivity index (χ3n) is 5.86. The van der Waals surface area contributed by atoms with E-state index in [1.807, 2.05) is 0 Å². The fraction of sp³-hybridized carbons (Fsp3) is 0.391. The second-order valence-corrected chi connectivity index (χ2v) is 7.25. The number of benzene rings is 2. The van der Waals surface area contributed by atoms with E-state index >= 15 is 0 Å². The number of phenolic OH excluding ortho intramolecular Hbond substituents is 2. The van der Waals surface area contributed by atoms with Crippen molar-refractivity contribution >= 4 is 0 Å². The van der Waals surface area contributed by atoms with Crippen molar-refractivity contribution in [2.45, 2.75) is 12.3 Å². The first-order chi connectivity index (χ1) is 14.4. The van der Waals surface area contributed by atoms with Gasteiger partial charge in [-0.1, -0.05) is 6.08 Å². The number of aliphatic hydroxyl groups excluding tert-OH is 1. The fourth-order valence-electron chi connectivity index (χ4n) is 4.44. The van der Waals surface area contributed by atoms with E-state index < -0.39 is 0 Å². The van der Waals surface area contributed by atoms with Crippen molar-refractivity contribution in [3.05, 3.63) is 47.5 Å². The lowest BCUT2D eigenvalue weighted by Gasteiger charge is -2.39. The molecular formula is C23H28O7. The maximum absolute atomic E-state index is 10.7. The van der Waals surface area contributed by atoms with Crippen LogP contribution in [-0.4, -0.2) is 50.4 Å². The van der Waals surface area contributed by atoms with Gasteiger partial charge in [-0.2, -0.15) is 0 Å². The molecule has 3 atom stereocenters. The van der Waals surface area contributed by atoms with Crippen LogP contribution in [0.2, 0.25) is 0 Å². The van der Waals surface area contributed by atoms with Crippen LogP contribution in [0.25, 0.3) is 0 Å². The number of phenols is 2. The van der Waals surface area contributed by atoms with Crippen LogP contribution >= 0.6 is 0 Å². The number of hydrogen-bond donors (Lipinski definition) is 3. The van der Waals surface area contributed by atoms with Gasteiger partial charge in [-0.05, 0) is 47.6 Å². The Morgan fingerprint density at radius 3 is 1.97 bits per heavy atom. The number of hydrogen-bond acceptors (Lipinski definition) is 7. The molecule has 162 valence electrons. The molecule has 30 heavy (non-hydrogen) atoms. The van der Waals surface area contributed by atoms with Crippen LogP contribution in [0.15, 0.2) is 30.9 Å². The molecule has 7 nitrogen and oxygen atoms in total. The van der Waals surface area contributed by atoms with Gasteiger partial charge in [-0.3, -0.25) is 0 Å². The van der Waals surface area contributed by atoms with Crippen LogP contribution in [-0.2, 0) is 6.42 Å². The van der Waals surface area contributed by atoms with E-state index in [2.05, 4.69) is 6.58 Å². The first-order valence-corrected chi connectivity index (χ1v) is 9.60. The van der Waals surface area contributed by atoms with Crippen molar-refractivity contribution in [1.82, 2.24) is 0 Å². The molecule has 1 aliphatic rings. The number of allylic oxidation sites excluding steroid dienone is 1. The zero-order valence-corrected chi connectivity index (χ0v) is 17.6. The summed E-state index contributed by atoms with van der Waals surface area (Å²) in [7, 11) is 5.90. The zero-order valence-electron chi connectivity index (χ0n) is 17.6. The van der Waals surface area contributed by atoms with Gasteiger partial charge < -0.3 is 34.3 Å². The minimum Gasteiger partial charge on any atom is -0.502 e. The number of aliphatic hydroxyl groups is 1. The van der Waals surface area contributed by atoms with Gasteiger partial charge in [0, 0.05) is 18.1 Å². The average molecular weight is 416 g/mol. The van der Waals surface area contributed by atoms with Crippen molar-refractivity contribution in [3.8, 4) is 34.5 Å². The van der Waals surface area contributed by atoms with Crippen molar-refractivity contribution in [1.29, 1.82) is 0 Å². The van der Waals surface area contributed by atoms with Gasteiger partial charge in [0.1, 0.15) is 0 Å². The van der Waals surface area contributed by atoms with E-state index in [0.717, 1.165) is 16.7 Å². The normalized spacial score (nSPS) is 20.2. The van der Waals surface area contributed by atoms with Gasteiger partial charge in [0.2, 0.25) is 11.5 Å². The SMILES string of the molecule is C=C[C@H]1[C@@H](CO)Cc2cc(OC)c(O)c(OC)c2[C@@H]1c1cc(OC)c(O)c(OC)c1. The number of methoxy groups -OCH3 is 4. The Labute approximate surface area is 176 Å². The summed E-state index contributed by atoms with van der Waals surface area (Å²) in [4.78, 5) is 0. The highest BCUT2D eigenvalue weighted by atomic mass is 16.5. The average Bonchev–Trinajstić information content (AvgIpc) is 2.77. The largest absolute Gasteiger partial charge is 0.502 e. The van der Waals surface area contributed by atoms with Gasteiger partial charge in [0.05, 0.1) is 28.4 Å². The Morgan fingerprint density at radius 2 is 1.50 bits per heavy atom. The van der Waals surface area contributed by atoms with Gasteiger partial charge in [-0.15, -0.1) is 6.58 Å². The molecule has 2 aromatic rings. The van der Waals surface area contributed by atoms with Crippen LogP contribution in [0, 0.1) is 11.8 Å². The molecule has 0 saturated carbocycles. The minimum absolute atomic E-state index is 0.0372. The predicted octanol–water partition coefficient (Wildman–Crippen LogP) is 3.23. The zero-order chi connectivity index (χ0) is 22.0. The van der Waals surface area contributed by atoms with Crippen molar-refractivity contribution in [3.63, 3.8) is 0 Å². The Bertz CT molecular complexity index is 913. The predicted molar refractivity (Wildman–Crippen MR) is 112 cm³/mol. The summed E-state index contributed by atoms with van der Waals surface area (Å²) >= 11 is 0. The number of rotatable bonds is 7. The maximum Gasteiger partial charge on any atom is 0.201 e. The van der Waals surface area contributed by atoms with Crippen molar-refractivity contribution in [2.75, 3.05) is 35.0 Å². The molecule has 3 rings (SSSR count). The molecule has 0 saturated heterocycles. The van der Waals surface area contributed by atoms with Gasteiger partial charge in [-0.25, -0.2) is 0 Å². The topological polar surface area (TPSA) is 97.6 Å².